The molecule has 0 spiro atoms. The molecule has 0 bridgehead atoms. The number of rotatable bonds is 4. The molecule has 0 aliphatic heterocycles. The van der Waals surface area contributed by atoms with E-state index >= 15 is 0 Å². The highest BCUT2D eigenvalue weighted by molar-refractivity contribution is 6.32. The first-order valence-electron chi connectivity index (χ1n) is 8.24. The minimum atomic E-state index is -0.232. The Morgan fingerprint density at radius 3 is 2.81 bits per heavy atom. The number of nitrogens with zero attached hydrogens (tertiary/aromatic N) is 3. The molecule has 2 aromatic heterocycles. The van der Waals surface area contributed by atoms with Crippen molar-refractivity contribution < 1.29 is 9.21 Å². The number of likely N-dealkylation sites (N-methyl/N-ethyl adjacent to an activating group) is 1. The lowest BCUT2D eigenvalue weighted by Gasteiger charge is -2.11. The zero-order valence-corrected chi connectivity index (χ0v) is 15.2. The van der Waals surface area contributed by atoms with E-state index in [-0.39, 0.29) is 5.91 Å². The average Bonchev–Trinajstić information content (AvgIpc) is 2.96. The van der Waals surface area contributed by atoms with Gasteiger partial charge in [-0.3, -0.25) is 4.79 Å². The minimum Gasteiger partial charge on any atom is -0.436 e. The van der Waals surface area contributed by atoms with Crippen LogP contribution < -0.4 is 5.32 Å². The van der Waals surface area contributed by atoms with E-state index in [1.54, 1.807) is 12.1 Å². The van der Waals surface area contributed by atoms with Crippen molar-refractivity contribution in [1.82, 2.24) is 20.2 Å². The topological polar surface area (TPSA) is 71.3 Å². The molecule has 0 atom stereocenters. The number of hydrogen-bond acceptors (Lipinski definition) is 5. The SMILES string of the molecule is CN(C)CCNC(=O)c1cc(Cl)cc2nc3c(nc12)oc1ccccc13. The molecule has 0 fully saturated rings. The largest absolute Gasteiger partial charge is 0.436 e. The van der Waals surface area contributed by atoms with Gasteiger partial charge < -0.3 is 14.6 Å². The highest BCUT2D eigenvalue weighted by Crippen LogP contribution is 2.29. The molecule has 0 radical (unpaired) electrons. The highest BCUT2D eigenvalue weighted by atomic mass is 35.5. The molecule has 6 nitrogen and oxygen atoms in total. The lowest BCUT2D eigenvalue weighted by molar-refractivity contribution is 0.0952. The predicted octanol–water partition coefficient (Wildman–Crippen LogP) is 3.47. The molecule has 1 N–H and O–H groups in total. The molecule has 1 amide bonds. The quantitative estimate of drug-likeness (QED) is 0.597. The molecule has 0 saturated carbocycles. The van der Waals surface area contributed by atoms with Crippen molar-refractivity contribution in [2.24, 2.45) is 0 Å². The summed E-state index contributed by atoms with van der Waals surface area (Å²) in [5, 5.41) is 4.21. The molecular formula is C19H17ClN4O2. The van der Waals surface area contributed by atoms with Crippen LogP contribution in [0.1, 0.15) is 10.4 Å². The number of nitrogens with one attached hydrogen (secondary N) is 1. The average molecular weight is 369 g/mol. The Kier molecular flexibility index (Phi) is 4.22. The van der Waals surface area contributed by atoms with Crippen LogP contribution in [0.3, 0.4) is 0 Å². The molecule has 0 saturated heterocycles. The Balaban J connectivity index is 1.85. The van der Waals surface area contributed by atoms with Gasteiger partial charge in [-0.05, 0) is 38.4 Å². The van der Waals surface area contributed by atoms with E-state index in [4.69, 9.17) is 16.0 Å². The van der Waals surface area contributed by atoms with E-state index in [0.29, 0.717) is 45.0 Å². The van der Waals surface area contributed by atoms with Crippen LogP contribution in [-0.2, 0) is 0 Å². The van der Waals surface area contributed by atoms with Crippen LogP contribution in [-0.4, -0.2) is 48.0 Å². The van der Waals surface area contributed by atoms with Crippen molar-refractivity contribution in [3.05, 3.63) is 47.0 Å². The van der Waals surface area contributed by atoms with E-state index in [9.17, 15) is 4.79 Å². The number of benzene rings is 2. The maximum absolute atomic E-state index is 12.6. The summed E-state index contributed by atoms with van der Waals surface area (Å²) in [6, 6.07) is 10.9. The van der Waals surface area contributed by atoms with Crippen molar-refractivity contribution in [3.63, 3.8) is 0 Å². The van der Waals surface area contributed by atoms with E-state index < -0.39 is 0 Å². The number of carbonyl (C=O) groups excluding carboxylic acids is 1. The lowest BCUT2D eigenvalue weighted by Crippen LogP contribution is -2.31. The maximum atomic E-state index is 12.6. The minimum absolute atomic E-state index is 0.232. The predicted molar refractivity (Wildman–Crippen MR) is 103 cm³/mol. The van der Waals surface area contributed by atoms with Gasteiger partial charge in [0.1, 0.15) is 16.6 Å². The fourth-order valence-corrected chi connectivity index (χ4v) is 3.09. The van der Waals surface area contributed by atoms with Gasteiger partial charge in [0, 0.05) is 23.5 Å². The third-order valence-corrected chi connectivity index (χ3v) is 4.36. The first-order valence-corrected chi connectivity index (χ1v) is 8.62. The zero-order chi connectivity index (χ0) is 18.3. The fraction of sp³-hybridized carbons (Fsp3) is 0.211. The van der Waals surface area contributed by atoms with Crippen LogP contribution in [0, 0.1) is 0 Å². The van der Waals surface area contributed by atoms with Gasteiger partial charge in [-0.2, -0.15) is 0 Å². The Morgan fingerprint density at radius 1 is 1.19 bits per heavy atom. The molecule has 4 rings (SSSR count). The number of amides is 1. The van der Waals surface area contributed by atoms with Crippen molar-refractivity contribution in [2.75, 3.05) is 27.2 Å². The van der Waals surface area contributed by atoms with Gasteiger partial charge >= 0.3 is 0 Å². The van der Waals surface area contributed by atoms with Crippen LogP contribution in [0.5, 0.6) is 0 Å². The van der Waals surface area contributed by atoms with Gasteiger partial charge in [-0.15, -0.1) is 0 Å². The number of fused-ring (bicyclic) bond motifs is 4. The van der Waals surface area contributed by atoms with Gasteiger partial charge in [-0.25, -0.2) is 9.97 Å². The van der Waals surface area contributed by atoms with E-state index in [0.717, 1.165) is 11.9 Å². The van der Waals surface area contributed by atoms with Crippen LogP contribution >= 0.6 is 11.6 Å². The Hall–Kier alpha value is -2.70. The number of halogens is 1. The van der Waals surface area contributed by atoms with E-state index in [2.05, 4.69) is 15.3 Å². The summed E-state index contributed by atoms with van der Waals surface area (Å²) in [7, 11) is 3.90. The number of furan rings is 1. The van der Waals surface area contributed by atoms with Crippen LogP contribution in [0.15, 0.2) is 40.8 Å². The van der Waals surface area contributed by atoms with Crippen molar-refractivity contribution >= 4 is 50.7 Å². The molecule has 0 unspecified atom stereocenters. The summed E-state index contributed by atoms with van der Waals surface area (Å²) in [6.07, 6.45) is 0. The standard InChI is InChI=1S/C19H17ClN4O2/c1-24(2)8-7-21-18(25)13-9-11(20)10-14-16(13)23-19-17(22-14)12-5-3-4-6-15(12)26-19/h3-6,9-10H,7-8H2,1-2H3,(H,21,25). The molecule has 4 aromatic rings. The number of carbonyl (C=O) groups is 1. The third-order valence-electron chi connectivity index (χ3n) is 4.14. The van der Waals surface area contributed by atoms with E-state index in [1.807, 2.05) is 43.3 Å². The zero-order valence-electron chi connectivity index (χ0n) is 14.4. The van der Waals surface area contributed by atoms with Crippen molar-refractivity contribution in [1.29, 1.82) is 0 Å². The van der Waals surface area contributed by atoms with Crippen molar-refractivity contribution in [2.45, 2.75) is 0 Å². The molecule has 2 heterocycles. The van der Waals surface area contributed by atoms with Gasteiger partial charge in [0.2, 0.25) is 5.71 Å². The van der Waals surface area contributed by atoms with Crippen LogP contribution in [0.4, 0.5) is 0 Å². The molecular weight excluding hydrogens is 352 g/mol. The second kappa shape index (κ2) is 6.55. The summed E-state index contributed by atoms with van der Waals surface area (Å²) in [6.45, 7) is 1.27. The summed E-state index contributed by atoms with van der Waals surface area (Å²) < 4.78 is 5.79. The molecule has 26 heavy (non-hydrogen) atoms. The normalized spacial score (nSPS) is 11.7. The summed E-state index contributed by atoms with van der Waals surface area (Å²) in [5.41, 5.74) is 3.21. The number of aromatic nitrogens is 2. The smallest absolute Gasteiger partial charge is 0.253 e. The Bertz CT molecular complexity index is 1140. The van der Waals surface area contributed by atoms with Crippen LogP contribution in [0.25, 0.3) is 33.2 Å². The van der Waals surface area contributed by atoms with Crippen molar-refractivity contribution in [3.8, 4) is 0 Å². The van der Waals surface area contributed by atoms with Gasteiger partial charge in [0.05, 0.1) is 11.1 Å². The van der Waals surface area contributed by atoms with E-state index in [1.165, 1.54) is 0 Å². The number of para-hydroxylation sites is 1. The van der Waals surface area contributed by atoms with Crippen LogP contribution in [0.2, 0.25) is 5.02 Å². The lowest BCUT2D eigenvalue weighted by atomic mass is 10.1. The Morgan fingerprint density at radius 2 is 2.00 bits per heavy atom. The fourth-order valence-electron chi connectivity index (χ4n) is 2.87. The van der Waals surface area contributed by atoms with Gasteiger partial charge in [-0.1, -0.05) is 23.7 Å². The third kappa shape index (κ3) is 2.98. The highest BCUT2D eigenvalue weighted by Gasteiger charge is 2.17. The molecule has 7 heteroatoms. The number of hydrogen-bond donors (Lipinski definition) is 1. The Labute approximate surface area is 154 Å². The summed E-state index contributed by atoms with van der Waals surface area (Å²) in [4.78, 5) is 23.8. The monoisotopic (exact) mass is 368 g/mol. The molecule has 2 aromatic carbocycles. The second-order valence-corrected chi connectivity index (χ2v) is 6.79. The van der Waals surface area contributed by atoms with Gasteiger partial charge in [0.15, 0.2) is 0 Å². The van der Waals surface area contributed by atoms with Gasteiger partial charge in [0.25, 0.3) is 5.91 Å². The first-order chi connectivity index (χ1) is 12.5. The maximum Gasteiger partial charge on any atom is 0.253 e. The summed E-state index contributed by atoms with van der Waals surface area (Å²) >= 11 is 6.22. The molecule has 0 aliphatic carbocycles. The molecule has 132 valence electrons. The second-order valence-electron chi connectivity index (χ2n) is 6.36. The first kappa shape index (κ1) is 16.8. The summed E-state index contributed by atoms with van der Waals surface area (Å²) in [5.74, 6) is -0.232. The molecule has 0 aliphatic rings.